The van der Waals surface area contributed by atoms with Crippen molar-refractivity contribution in [1.82, 2.24) is 40.0 Å². The standard InChI is InChI=1S/C23H24N8O3/c1-13-7-14(2)28-21(32)17(13)10-26-22(33)20-15(3)19(18-5-6-27-31(18)4)29-23(30-20)34-11-16-8-24-12-25-9-16/h5-9,12H,10-11H2,1-4H3,(H,26,33)(H,28,32). The normalized spacial score (nSPS) is 10.8. The number of carbonyl (C=O) groups is 1. The molecule has 0 bridgehead atoms. The highest BCUT2D eigenvalue weighted by Gasteiger charge is 2.21. The lowest BCUT2D eigenvalue weighted by molar-refractivity contribution is 0.0943. The Hall–Kier alpha value is -4.41. The van der Waals surface area contributed by atoms with Gasteiger partial charge >= 0.3 is 6.01 Å². The average Bonchev–Trinajstić information content (AvgIpc) is 3.23. The first-order valence-corrected chi connectivity index (χ1v) is 10.5. The lowest BCUT2D eigenvalue weighted by Gasteiger charge is -2.14. The van der Waals surface area contributed by atoms with E-state index in [1.165, 1.54) is 6.33 Å². The summed E-state index contributed by atoms with van der Waals surface area (Å²) in [7, 11) is 1.78. The second-order valence-corrected chi connectivity index (χ2v) is 7.83. The van der Waals surface area contributed by atoms with Crippen molar-refractivity contribution < 1.29 is 9.53 Å². The van der Waals surface area contributed by atoms with Crippen molar-refractivity contribution in [2.45, 2.75) is 33.9 Å². The van der Waals surface area contributed by atoms with E-state index in [4.69, 9.17) is 4.74 Å². The Labute approximate surface area is 195 Å². The minimum Gasteiger partial charge on any atom is -0.458 e. The van der Waals surface area contributed by atoms with E-state index in [2.05, 4.69) is 35.3 Å². The Balaban J connectivity index is 1.65. The van der Waals surface area contributed by atoms with Crippen LogP contribution in [0.3, 0.4) is 0 Å². The highest BCUT2D eigenvalue weighted by Crippen LogP contribution is 2.25. The number of ether oxygens (including phenoxy) is 1. The molecule has 4 aromatic heterocycles. The molecule has 34 heavy (non-hydrogen) atoms. The Morgan fingerprint density at radius 1 is 1.18 bits per heavy atom. The maximum Gasteiger partial charge on any atom is 0.318 e. The summed E-state index contributed by atoms with van der Waals surface area (Å²) >= 11 is 0. The monoisotopic (exact) mass is 460 g/mol. The molecule has 0 radical (unpaired) electrons. The predicted molar refractivity (Wildman–Crippen MR) is 123 cm³/mol. The second kappa shape index (κ2) is 9.61. The van der Waals surface area contributed by atoms with E-state index in [0.717, 1.165) is 16.8 Å². The van der Waals surface area contributed by atoms with E-state index < -0.39 is 5.91 Å². The van der Waals surface area contributed by atoms with Crippen LogP contribution >= 0.6 is 0 Å². The van der Waals surface area contributed by atoms with Gasteiger partial charge < -0.3 is 15.0 Å². The van der Waals surface area contributed by atoms with E-state index in [0.29, 0.717) is 22.5 Å². The number of H-pyrrole nitrogens is 1. The van der Waals surface area contributed by atoms with Crippen LogP contribution in [0.5, 0.6) is 6.01 Å². The number of aromatic nitrogens is 7. The summed E-state index contributed by atoms with van der Waals surface area (Å²) in [6.45, 7) is 5.59. The van der Waals surface area contributed by atoms with Gasteiger partial charge in [0.2, 0.25) is 0 Å². The fourth-order valence-corrected chi connectivity index (χ4v) is 3.54. The number of nitrogens with one attached hydrogen (secondary N) is 2. The molecule has 0 saturated heterocycles. The molecule has 174 valence electrons. The molecule has 2 N–H and O–H groups in total. The van der Waals surface area contributed by atoms with Gasteiger partial charge in [0.15, 0.2) is 0 Å². The smallest absolute Gasteiger partial charge is 0.318 e. The van der Waals surface area contributed by atoms with Crippen molar-refractivity contribution in [1.29, 1.82) is 0 Å². The van der Waals surface area contributed by atoms with Gasteiger partial charge in [-0.05, 0) is 38.5 Å². The summed E-state index contributed by atoms with van der Waals surface area (Å²) < 4.78 is 7.42. The number of pyridine rings is 1. The van der Waals surface area contributed by atoms with Gasteiger partial charge in [0.25, 0.3) is 11.5 Å². The molecule has 0 spiro atoms. The largest absolute Gasteiger partial charge is 0.458 e. The Morgan fingerprint density at radius 3 is 2.62 bits per heavy atom. The summed E-state index contributed by atoms with van der Waals surface area (Å²) in [4.78, 5) is 45.0. The van der Waals surface area contributed by atoms with Crippen LogP contribution in [0.2, 0.25) is 0 Å². The van der Waals surface area contributed by atoms with Crippen molar-refractivity contribution in [2.24, 2.45) is 7.05 Å². The highest BCUT2D eigenvalue weighted by molar-refractivity contribution is 5.95. The average molecular weight is 460 g/mol. The molecular weight excluding hydrogens is 436 g/mol. The molecule has 4 heterocycles. The van der Waals surface area contributed by atoms with Crippen LogP contribution in [0.25, 0.3) is 11.4 Å². The molecular formula is C23H24N8O3. The molecule has 4 rings (SSSR count). The molecule has 0 aliphatic rings. The van der Waals surface area contributed by atoms with Gasteiger partial charge in [-0.1, -0.05) is 0 Å². The molecule has 1 amide bonds. The number of hydrogen-bond donors (Lipinski definition) is 2. The second-order valence-electron chi connectivity index (χ2n) is 7.83. The molecule has 11 nitrogen and oxygen atoms in total. The van der Waals surface area contributed by atoms with Gasteiger partial charge in [0, 0.05) is 54.6 Å². The molecule has 0 unspecified atom stereocenters. The van der Waals surface area contributed by atoms with E-state index in [1.807, 2.05) is 19.9 Å². The Morgan fingerprint density at radius 2 is 1.94 bits per heavy atom. The number of carbonyl (C=O) groups excluding carboxylic acids is 1. The third-order valence-electron chi connectivity index (χ3n) is 5.31. The van der Waals surface area contributed by atoms with Crippen LogP contribution in [-0.4, -0.2) is 40.6 Å². The molecule has 0 fully saturated rings. The summed E-state index contributed by atoms with van der Waals surface area (Å²) in [6.07, 6.45) is 6.32. The SMILES string of the molecule is Cc1cc(C)c(CNC(=O)c2nc(OCc3cncnc3)nc(-c3ccnn3C)c2C)c(=O)[nH]1. The first-order valence-electron chi connectivity index (χ1n) is 10.5. The van der Waals surface area contributed by atoms with Gasteiger partial charge in [0.1, 0.15) is 18.6 Å². The van der Waals surface area contributed by atoms with E-state index in [1.54, 1.807) is 43.3 Å². The number of aromatic amines is 1. The van der Waals surface area contributed by atoms with Gasteiger partial charge in [-0.2, -0.15) is 15.1 Å². The fourth-order valence-electron chi connectivity index (χ4n) is 3.54. The van der Waals surface area contributed by atoms with Crippen molar-refractivity contribution >= 4 is 5.91 Å². The third-order valence-corrected chi connectivity index (χ3v) is 5.31. The zero-order chi connectivity index (χ0) is 24.2. The topological polar surface area (TPSA) is 141 Å². The fraction of sp³-hybridized carbons (Fsp3) is 0.261. The van der Waals surface area contributed by atoms with Gasteiger partial charge in [-0.15, -0.1) is 0 Å². The zero-order valence-electron chi connectivity index (χ0n) is 19.3. The molecule has 0 saturated carbocycles. The van der Waals surface area contributed by atoms with E-state index in [-0.39, 0.29) is 30.4 Å². The number of nitrogens with zero attached hydrogens (tertiary/aromatic N) is 6. The van der Waals surface area contributed by atoms with Gasteiger partial charge in [-0.3, -0.25) is 14.3 Å². The lowest BCUT2D eigenvalue weighted by Crippen LogP contribution is -2.29. The van der Waals surface area contributed by atoms with Crippen molar-refractivity contribution in [3.05, 3.63) is 81.0 Å². The minimum atomic E-state index is -0.449. The molecule has 11 heteroatoms. The maximum atomic E-state index is 13.1. The highest BCUT2D eigenvalue weighted by atomic mass is 16.5. The number of amides is 1. The Bertz CT molecular complexity index is 1400. The summed E-state index contributed by atoms with van der Waals surface area (Å²) in [5, 5.41) is 6.99. The molecule has 0 aromatic carbocycles. The van der Waals surface area contributed by atoms with Crippen LogP contribution in [-0.2, 0) is 20.2 Å². The van der Waals surface area contributed by atoms with Crippen molar-refractivity contribution in [2.75, 3.05) is 0 Å². The minimum absolute atomic E-state index is 0.0279. The van der Waals surface area contributed by atoms with Crippen LogP contribution in [0.4, 0.5) is 0 Å². The summed E-state index contributed by atoms with van der Waals surface area (Å²) in [6, 6.07) is 3.68. The number of aryl methyl sites for hydroxylation is 3. The first-order chi connectivity index (χ1) is 16.3. The zero-order valence-corrected chi connectivity index (χ0v) is 19.3. The number of hydrogen-bond acceptors (Lipinski definition) is 8. The predicted octanol–water partition coefficient (Wildman–Crippen LogP) is 1.79. The van der Waals surface area contributed by atoms with E-state index in [9.17, 15) is 9.59 Å². The van der Waals surface area contributed by atoms with E-state index >= 15 is 0 Å². The summed E-state index contributed by atoms with van der Waals surface area (Å²) in [5.41, 5.74) is 4.46. The molecule has 0 aliphatic heterocycles. The van der Waals surface area contributed by atoms with Crippen LogP contribution in [0, 0.1) is 20.8 Å². The van der Waals surface area contributed by atoms with Crippen molar-refractivity contribution in [3.8, 4) is 17.4 Å². The summed E-state index contributed by atoms with van der Waals surface area (Å²) in [5.74, 6) is -0.449. The molecule has 0 atom stereocenters. The Kier molecular flexibility index (Phi) is 6.44. The van der Waals surface area contributed by atoms with Gasteiger partial charge in [0.05, 0.1) is 11.4 Å². The first kappa shape index (κ1) is 22.8. The van der Waals surface area contributed by atoms with Crippen LogP contribution < -0.4 is 15.6 Å². The van der Waals surface area contributed by atoms with Crippen LogP contribution in [0.1, 0.15) is 38.4 Å². The number of rotatable bonds is 7. The maximum absolute atomic E-state index is 13.1. The lowest BCUT2D eigenvalue weighted by atomic mass is 10.1. The molecule has 0 aliphatic carbocycles. The third kappa shape index (κ3) is 4.82. The molecule has 4 aromatic rings. The van der Waals surface area contributed by atoms with Crippen LogP contribution in [0.15, 0.2) is 41.8 Å². The van der Waals surface area contributed by atoms with Crippen molar-refractivity contribution in [3.63, 3.8) is 0 Å². The quantitative estimate of drug-likeness (QED) is 0.425. The van der Waals surface area contributed by atoms with Gasteiger partial charge in [-0.25, -0.2) is 9.97 Å².